The molecule has 2 saturated heterocycles. The van der Waals surface area contributed by atoms with Crippen molar-refractivity contribution >= 4 is 15.9 Å². The third-order valence-electron chi connectivity index (χ3n) is 6.41. The molecule has 10 heteroatoms. The molecule has 7 nitrogen and oxygen atoms in total. The van der Waals surface area contributed by atoms with Gasteiger partial charge in [0, 0.05) is 45.8 Å². The average Bonchev–Trinajstić information content (AvgIpc) is 3.06. The lowest BCUT2D eigenvalue weighted by Crippen LogP contribution is -2.52. The third-order valence-corrected chi connectivity index (χ3v) is 8.30. The van der Waals surface area contributed by atoms with E-state index in [1.54, 1.807) is 4.90 Å². The van der Waals surface area contributed by atoms with Crippen LogP contribution in [-0.4, -0.2) is 92.2 Å². The van der Waals surface area contributed by atoms with E-state index in [1.165, 1.54) is 9.87 Å². The molecule has 0 saturated carbocycles. The van der Waals surface area contributed by atoms with E-state index >= 15 is 0 Å². The SMILES string of the molecule is O=C(CN1CCCN(Cc2ccccc2)CC1)N1CCN(S(=O)(=O)c2ccc(F)c(F)c2)CC1. The Hall–Kier alpha value is -2.40. The molecule has 0 spiro atoms. The van der Waals surface area contributed by atoms with Gasteiger partial charge in [0.1, 0.15) is 0 Å². The first-order chi connectivity index (χ1) is 16.3. The Morgan fingerprint density at radius 1 is 0.794 bits per heavy atom. The molecule has 0 bridgehead atoms. The molecular formula is C24H30F2N4O3S. The molecule has 0 aliphatic carbocycles. The molecule has 0 aromatic heterocycles. The molecule has 0 radical (unpaired) electrons. The Labute approximate surface area is 199 Å². The second kappa shape index (κ2) is 10.9. The van der Waals surface area contributed by atoms with Crippen LogP contribution in [0.15, 0.2) is 53.4 Å². The lowest BCUT2D eigenvalue weighted by atomic mass is 10.2. The molecule has 0 N–H and O–H groups in total. The van der Waals surface area contributed by atoms with Gasteiger partial charge in [0.05, 0.1) is 11.4 Å². The molecular weight excluding hydrogens is 462 g/mol. The summed E-state index contributed by atoms with van der Waals surface area (Å²) in [7, 11) is -3.94. The van der Waals surface area contributed by atoms with Gasteiger partial charge < -0.3 is 4.90 Å². The van der Waals surface area contributed by atoms with Crippen molar-refractivity contribution in [3.63, 3.8) is 0 Å². The zero-order valence-electron chi connectivity index (χ0n) is 19.1. The molecule has 2 heterocycles. The van der Waals surface area contributed by atoms with E-state index in [9.17, 15) is 22.0 Å². The fraction of sp³-hybridized carbons (Fsp3) is 0.458. The molecule has 184 valence electrons. The Balaban J connectivity index is 1.26. The van der Waals surface area contributed by atoms with Crippen molar-refractivity contribution in [3.8, 4) is 0 Å². The number of hydrogen-bond acceptors (Lipinski definition) is 5. The number of sulfonamides is 1. The summed E-state index contributed by atoms with van der Waals surface area (Å²) in [6, 6.07) is 12.9. The summed E-state index contributed by atoms with van der Waals surface area (Å²) in [5, 5.41) is 0. The minimum atomic E-state index is -3.94. The van der Waals surface area contributed by atoms with E-state index in [0.29, 0.717) is 12.6 Å². The van der Waals surface area contributed by atoms with Gasteiger partial charge in [-0.05, 0) is 43.3 Å². The van der Waals surface area contributed by atoms with Gasteiger partial charge in [0.15, 0.2) is 11.6 Å². The quantitative estimate of drug-likeness (QED) is 0.618. The van der Waals surface area contributed by atoms with E-state index in [-0.39, 0.29) is 37.0 Å². The van der Waals surface area contributed by atoms with E-state index in [0.717, 1.165) is 51.3 Å². The zero-order chi connectivity index (χ0) is 24.1. The van der Waals surface area contributed by atoms with Gasteiger partial charge in [0.2, 0.25) is 15.9 Å². The predicted octanol–water partition coefficient (Wildman–Crippen LogP) is 2.01. The summed E-state index contributed by atoms with van der Waals surface area (Å²) in [4.78, 5) is 18.8. The van der Waals surface area contributed by atoms with Gasteiger partial charge in [-0.15, -0.1) is 0 Å². The number of carbonyl (C=O) groups excluding carboxylic acids is 1. The van der Waals surface area contributed by atoms with Crippen molar-refractivity contribution in [3.05, 3.63) is 65.7 Å². The summed E-state index contributed by atoms with van der Waals surface area (Å²) in [6.45, 7) is 5.54. The third kappa shape index (κ3) is 5.99. The van der Waals surface area contributed by atoms with Crippen molar-refractivity contribution < 1.29 is 22.0 Å². The monoisotopic (exact) mass is 492 g/mol. The first-order valence-electron chi connectivity index (χ1n) is 11.5. The van der Waals surface area contributed by atoms with Gasteiger partial charge in [-0.25, -0.2) is 17.2 Å². The highest BCUT2D eigenvalue weighted by molar-refractivity contribution is 7.89. The largest absolute Gasteiger partial charge is 0.339 e. The fourth-order valence-electron chi connectivity index (χ4n) is 4.44. The highest BCUT2D eigenvalue weighted by atomic mass is 32.2. The van der Waals surface area contributed by atoms with Crippen LogP contribution in [0.3, 0.4) is 0 Å². The average molecular weight is 493 g/mol. The molecule has 0 atom stereocenters. The molecule has 1 amide bonds. The number of piperazine rings is 1. The number of benzene rings is 2. The first kappa shape index (κ1) is 24.7. The van der Waals surface area contributed by atoms with Gasteiger partial charge in [-0.2, -0.15) is 4.31 Å². The van der Waals surface area contributed by atoms with E-state index in [1.807, 2.05) is 18.2 Å². The molecule has 34 heavy (non-hydrogen) atoms. The maximum atomic E-state index is 13.5. The zero-order valence-corrected chi connectivity index (χ0v) is 19.9. The van der Waals surface area contributed by atoms with E-state index < -0.39 is 21.7 Å². The molecule has 2 aliphatic heterocycles. The van der Waals surface area contributed by atoms with Crippen LogP contribution in [0.2, 0.25) is 0 Å². The molecule has 2 fully saturated rings. The lowest BCUT2D eigenvalue weighted by Gasteiger charge is -2.35. The Morgan fingerprint density at radius 3 is 2.18 bits per heavy atom. The van der Waals surface area contributed by atoms with E-state index in [2.05, 4.69) is 21.9 Å². The number of carbonyl (C=O) groups is 1. The van der Waals surface area contributed by atoms with Crippen LogP contribution in [0.4, 0.5) is 8.78 Å². The van der Waals surface area contributed by atoms with E-state index in [4.69, 9.17) is 0 Å². The Kier molecular flexibility index (Phi) is 7.92. The summed E-state index contributed by atoms with van der Waals surface area (Å²) in [5.74, 6) is -2.30. The summed E-state index contributed by atoms with van der Waals surface area (Å²) < 4.78 is 53.4. The number of rotatable bonds is 6. The second-order valence-electron chi connectivity index (χ2n) is 8.75. The minimum absolute atomic E-state index is 0.0126. The highest BCUT2D eigenvalue weighted by Gasteiger charge is 2.31. The number of halogens is 2. The number of amides is 1. The molecule has 2 aromatic rings. The maximum Gasteiger partial charge on any atom is 0.243 e. The standard InChI is InChI=1S/C24H30F2N4O3S/c25-22-8-7-21(17-23(22)26)34(32,33)30-15-13-29(14-16-30)24(31)19-28-10-4-9-27(11-12-28)18-20-5-2-1-3-6-20/h1-3,5-8,17H,4,9-16,18-19H2. The normalized spacial score (nSPS) is 19.2. The van der Waals surface area contributed by atoms with Crippen LogP contribution < -0.4 is 0 Å². The predicted molar refractivity (Wildman–Crippen MR) is 124 cm³/mol. The Bertz CT molecular complexity index is 1090. The second-order valence-corrected chi connectivity index (χ2v) is 10.7. The highest BCUT2D eigenvalue weighted by Crippen LogP contribution is 2.20. The fourth-order valence-corrected chi connectivity index (χ4v) is 5.87. The summed E-state index contributed by atoms with van der Waals surface area (Å²) in [5.41, 5.74) is 1.28. The van der Waals surface area contributed by atoms with Gasteiger partial charge >= 0.3 is 0 Å². The van der Waals surface area contributed by atoms with Crippen molar-refractivity contribution in [2.75, 3.05) is 58.9 Å². The van der Waals surface area contributed by atoms with Crippen LogP contribution in [0.1, 0.15) is 12.0 Å². The van der Waals surface area contributed by atoms with Crippen molar-refractivity contribution in [2.24, 2.45) is 0 Å². The van der Waals surface area contributed by atoms with Crippen LogP contribution in [0, 0.1) is 11.6 Å². The lowest BCUT2D eigenvalue weighted by molar-refractivity contribution is -0.133. The minimum Gasteiger partial charge on any atom is -0.339 e. The molecule has 4 rings (SSSR count). The van der Waals surface area contributed by atoms with Gasteiger partial charge in [0.25, 0.3) is 0 Å². The first-order valence-corrected chi connectivity index (χ1v) is 13.0. The van der Waals surface area contributed by atoms with Crippen LogP contribution in [0.25, 0.3) is 0 Å². The maximum absolute atomic E-state index is 13.5. The smallest absolute Gasteiger partial charge is 0.243 e. The van der Waals surface area contributed by atoms with Crippen molar-refractivity contribution in [1.82, 2.24) is 19.0 Å². The van der Waals surface area contributed by atoms with Crippen LogP contribution in [-0.2, 0) is 21.4 Å². The number of hydrogen-bond donors (Lipinski definition) is 0. The van der Waals surface area contributed by atoms with Crippen LogP contribution in [0.5, 0.6) is 0 Å². The summed E-state index contributed by atoms with van der Waals surface area (Å²) in [6.07, 6.45) is 0.986. The molecule has 0 unspecified atom stereocenters. The Morgan fingerprint density at radius 2 is 1.47 bits per heavy atom. The van der Waals surface area contributed by atoms with Crippen molar-refractivity contribution in [2.45, 2.75) is 17.9 Å². The molecule has 2 aliphatic rings. The molecule has 2 aromatic carbocycles. The number of nitrogens with zero attached hydrogens (tertiary/aromatic N) is 4. The van der Waals surface area contributed by atoms with Gasteiger partial charge in [-0.3, -0.25) is 14.6 Å². The van der Waals surface area contributed by atoms with Crippen LogP contribution >= 0.6 is 0 Å². The topological polar surface area (TPSA) is 64.2 Å². The summed E-state index contributed by atoms with van der Waals surface area (Å²) >= 11 is 0. The van der Waals surface area contributed by atoms with Gasteiger partial charge in [-0.1, -0.05) is 30.3 Å². The van der Waals surface area contributed by atoms with Crippen molar-refractivity contribution in [1.29, 1.82) is 0 Å².